The highest BCUT2D eigenvalue weighted by molar-refractivity contribution is 6.30. The van der Waals surface area contributed by atoms with E-state index >= 15 is 0 Å². The van der Waals surface area contributed by atoms with E-state index in [1.165, 1.54) is 18.2 Å². The molecule has 1 N–H and O–H groups in total. The van der Waals surface area contributed by atoms with Crippen molar-refractivity contribution in [3.05, 3.63) is 61.6 Å². The van der Waals surface area contributed by atoms with Crippen molar-refractivity contribution in [2.45, 2.75) is 31.6 Å². The number of halogens is 2. The van der Waals surface area contributed by atoms with Crippen LogP contribution in [-0.4, -0.2) is 9.55 Å². The summed E-state index contributed by atoms with van der Waals surface area (Å²) in [6.07, 6.45) is 3.84. The van der Waals surface area contributed by atoms with Crippen molar-refractivity contribution in [3.63, 3.8) is 0 Å². The summed E-state index contributed by atoms with van der Waals surface area (Å²) in [5.41, 5.74) is -0.478. The maximum Gasteiger partial charge on any atom is 0.334 e. The minimum atomic E-state index is -0.655. The number of hydrogen-bond acceptors (Lipinski definition) is 2. The predicted molar refractivity (Wildman–Crippen MR) is 78.8 cm³/mol. The molecule has 0 bridgehead atoms. The van der Waals surface area contributed by atoms with E-state index in [1.54, 1.807) is 0 Å². The lowest BCUT2D eigenvalue weighted by molar-refractivity contribution is 0.625. The molecule has 3 rings (SSSR count). The molecular weight excluding hydrogens is 295 g/mol. The van der Waals surface area contributed by atoms with Gasteiger partial charge in [-0.15, -0.1) is 0 Å². The van der Waals surface area contributed by atoms with Gasteiger partial charge in [-0.05, 0) is 37.0 Å². The number of rotatable bonds is 2. The molecule has 110 valence electrons. The average Bonchev–Trinajstić information content (AvgIpc) is 2.92. The third-order valence-corrected chi connectivity index (χ3v) is 4.22. The van der Waals surface area contributed by atoms with E-state index < -0.39 is 17.1 Å². The lowest BCUT2D eigenvalue weighted by Gasteiger charge is -2.13. The summed E-state index contributed by atoms with van der Waals surface area (Å²) in [7, 11) is 0. The van der Waals surface area contributed by atoms with Gasteiger partial charge in [0.25, 0.3) is 5.56 Å². The summed E-state index contributed by atoms with van der Waals surface area (Å²) in [5.74, 6) is -0.446. The van der Waals surface area contributed by atoms with Gasteiger partial charge in [-0.2, -0.15) is 0 Å². The normalized spacial score (nSPS) is 15.5. The van der Waals surface area contributed by atoms with Crippen LogP contribution in [0.3, 0.4) is 0 Å². The van der Waals surface area contributed by atoms with Crippen LogP contribution < -0.4 is 11.2 Å². The highest BCUT2D eigenvalue weighted by atomic mass is 35.5. The van der Waals surface area contributed by atoms with Crippen LogP contribution in [0.25, 0.3) is 5.69 Å². The Morgan fingerprint density at radius 1 is 1.24 bits per heavy atom. The zero-order valence-electron chi connectivity index (χ0n) is 11.2. The van der Waals surface area contributed by atoms with Crippen LogP contribution in [0.1, 0.15) is 37.2 Å². The Morgan fingerprint density at radius 2 is 1.95 bits per heavy atom. The quantitative estimate of drug-likeness (QED) is 0.867. The Balaban J connectivity index is 2.24. The maximum absolute atomic E-state index is 13.3. The molecule has 6 heteroatoms. The first-order valence-corrected chi connectivity index (χ1v) is 7.26. The van der Waals surface area contributed by atoms with E-state index in [1.807, 2.05) is 0 Å². The number of benzene rings is 1. The second kappa shape index (κ2) is 5.48. The fourth-order valence-electron chi connectivity index (χ4n) is 2.94. The Labute approximate surface area is 125 Å². The average molecular weight is 309 g/mol. The molecule has 1 aliphatic carbocycles. The molecule has 0 radical (unpaired) electrons. The van der Waals surface area contributed by atoms with Gasteiger partial charge in [0.2, 0.25) is 0 Å². The molecule has 0 unspecified atom stereocenters. The number of hydrogen-bond donors (Lipinski definition) is 1. The fraction of sp³-hybridized carbons (Fsp3) is 0.333. The molecule has 21 heavy (non-hydrogen) atoms. The SMILES string of the molecule is O=c1[nH]c(Cl)c(C2CCCC2)c(=O)n1-c1cccc(F)c1. The van der Waals surface area contributed by atoms with Gasteiger partial charge in [-0.25, -0.2) is 13.8 Å². The van der Waals surface area contributed by atoms with Crippen molar-refractivity contribution in [3.8, 4) is 5.69 Å². The molecule has 0 atom stereocenters. The monoisotopic (exact) mass is 308 g/mol. The van der Waals surface area contributed by atoms with Gasteiger partial charge in [0.05, 0.1) is 11.3 Å². The molecular formula is C15H14ClFN2O2. The van der Waals surface area contributed by atoms with Gasteiger partial charge in [-0.1, -0.05) is 30.5 Å². The van der Waals surface area contributed by atoms with Crippen LogP contribution >= 0.6 is 11.6 Å². The maximum atomic E-state index is 13.3. The van der Waals surface area contributed by atoms with Gasteiger partial charge < -0.3 is 0 Å². The molecule has 2 aromatic rings. The molecule has 0 amide bonds. The number of H-pyrrole nitrogens is 1. The number of nitrogens with one attached hydrogen (secondary N) is 1. The zero-order valence-corrected chi connectivity index (χ0v) is 12.0. The van der Waals surface area contributed by atoms with Gasteiger partial charge in [0.15, 0.2) is 0 Å². The standard InChI is InChI=1S/C15H14ClFN2O2/c16-13-12(9-4-1-2-5-9)14(20)19(15(21)18-13)11-7-3-6-10(17)8-11/h3,6-9H,1-2,4-5H2,(H,18,21). The van der Waals surface area contributed by atoms with Gasteiger partial charge in [0, 0.05) is 0 Å². The Morgan fingerprint density at radius 3 is 2.62 bits per heavy atom. The van der Waals surface area contributed by atoms with Crippen molar-refractivity contribution in [1.82, 2.24) is 9.55 Å². The predicted octanol–water partition coefficient (Wildman–Crippen LogP) is 2.98. The first-order chi connectivity index (χ1) is 10.1. The second-order valence-corrected chi connectivity index (χ2v) is 5.64. The van der Waals surface area contributed by atoms with Crippen molar-refractivity contribution >= 4 is 11.6 Å². The van der Waals surface area contributed by atoms with Crippen molar-refractivity contribution in [2.75, 3.05) is 0 Å². The minimum absolute atomic E-state index is 0.0571. The molecule has 0 aliphatic heterocycles. The molecule has 1 saturated carbocycles. The highest BCUT2D eigenvalue weighted by Crippen LogP contribution is 2.34. The number of nitrogens with zero attached hydrogens (tertiary/aromatic N) is 1. The van der Waals surface area contributed by atoms with Crippen molar-refractivity contribution in [1.29, 1.82) is 0 Å². The van der Waals surface area contributed by atoms with E-state index in [0.717, 1.165) is 36.3 Å². The van der Waals surface area contributed by atoms with Crippen molar-refractivity contribution in [2.24, 2.45) is 0 Å². The molecule has 0 saturated heterocycles. The molecule has 1 aromatic heterocycles. The third kappa shape index (κ3) is 2.53. The lowest BCUT2D eigenvalue weighted by atomic mass is 10.0. The fourth-order valence-corrected chi connectivity index (χ4v) is 3.26. The van der Waals surface area contributed by atoms with Crippen LogP contribution in [0, 0.1) is 5.82 Å². The minimum Gasteiger partial charge on any atom is -0.297 e. The van der Waals surface area contributed by atoms with Gasteiger partial charge in [0.1, 0.15) is 11.0 Å². The summed E-state index contributed by atoms with van der Waals surface area (Å²) in [6.45, 7) is 0. The molecule has 1 aromatic carbocycles. The van der Waals surface area contributed by atoms with Crippen LogP contribution in [0.4, 0.5) is 4.39 Å². The number of aromatic nitrogens is 2. The topological polar surface area (TPSA) is 54.9 Å². The Hall–Kier alpha value is -1.88. The summed E-state index contributed by atoms with van der Waals surface area (Å²) in [4.78, 5) is 27.2. The summed E-state index contributed by atoms with van der Waals surface area (Å²) in [6, 6.07) is 5.39. The van der Waals surface area contributed by atoms with E-state index in [2.05, 4.69) is 4.98 Å². The van der Waals surface area contributed by atoms with Crippen LogP contribution in [0.2, 0.25) is 5.15 Å². The molecule has 4 nitrogen and oxygen atoms in total. The van der Waals surface area contributed by atoms with Gasteiger partial charge >= 0.3 is 5.69 Å². The Kier molecular flexibility index (Phi) is 3.68. The zero-order chi connectivity index (χ0) is 15.0. The first-order valence-electron chi connectivity index (χ1n) is 6.88. The van der Waals surface area contributed by atoms with Crippen LogP contribution in [0.15, 0.2) is 33.9 Å². The molecule has 1 fully saturated rings. The third-order valence-electron chi connectivity index (χ3n) is 3.92. The van der Waals surface area contributed by atoms with E-state index in [4.69, 9.17) is 11.6 Å². The van der Waals surface area contributed by atoms with E-state index in [9.17, 15) is 14.0 Å². The summed E-state index contributed by atoms with van der Waals surface area (Å²) < 4.78 is 14.3. The largest absolute Gasteiger partial charge is 0.334 e. The molecule has 1 heterocycles. The first kappa shape index (κ1) is 14.1. The Bertz CT molecular complexity index is 791. The van der Waals surface area contributed by atoms with E-state index in [-0.39, 0.29) is 16.8 Å². The van der Waals surface area contributed by atoms with Crippen molar-refractivity contribution < 1.29 is 4.39 Å². The molecule has 1 aliphatic rings. The molecule has 0 spiro atoms. The second-order valence-electron chi connectivity index (χ2n) is 5.26. The summed E-state index contributed by atoms with van der Waals surface area (Å²) in [5, 5.41) is 0.101. The number of aromatic amines is 1. The van der Waals surface area contributed by atoms with E-state index in [0.29, 0.717) is 5.56 Å². The van der Waals surface area contributed by atoms with Crippen LogP contribution in [-0.2, 0) is 0 Å². The lowest BCUT2D eigenvalue weighted by Crippen LogP contribution is -2.36. The summed E-state index contributed by atoms with van der Waals surface area (Å²) >= 11 is 6.06. The smallest absolute Gasteiger partial charge is 0.297 e. The van der Waals surface area contributed by atoms with Crippen LogP contribution in [0.5, 0.6) is 0 Å². The highest BCUT2D eigenvalue weighted by Gasteiger charge is 2.25. The van der Waals surface area contributed by atoms with Gasteiger partial charge in [-0.3, -0.25) is 9.78 Å².